The number of ether oxygens (including phenoxy) is 1. The summed E-state index contributed by atoms with van der Waals surface area (Å²) < 4.78 is 7.56. The molecule has 0 bridgehead atoms. The number of halogens is 1. The molecule has 0 radical (unpaired) electrons. The summed E-state index contributed by atoms with van der Waals surface area (Å²) in [5, 5.41) is 18.3. The largest absolute Gasteiger partial charge is 0.494 e. The van der Waals surface area contributed by atoms with Crippen molar-refractivity contribution >= 4 is 35.7 Å². The molecule has 1 heterocycles. The maximum atomic E-state index is 11.0. The summed E-state index contributed by atoms with van der Waals surface area (Å²) >= 11 is 6.38. The molecule has 0 atom stereocenters. The van der Waals surface area contributed by atoms with Gasteiger partial charge in [0.1, 0.15) is 11.6 Å². The third-order valence-corrected chi connectivity index (χ3v) is 6.40. The molecule has 0 saturated carbocycles. The predicted molar refractivity (Wildman–Crippen MR) is 153 cm³/mol. The smallest absolute Gasteiger partial charge is 0.303 e. The number of benzene rings is 3. The van der Waals surface area contributed by atoms with Crippen LogP contribution >= 0.6 is 11.6 Å². The van der Waals surface area contributed by atoms with E-state index in [4.69, 9.17) is 31.5 Å². The van der Waals surface area contributed by atoms with Gasteiger partial charge in [-0.15, -0.1) is 0 Å². The average molecular weight is 545 g/mol. The Morgan fingerprint density at radius 3 is 2.15 bits per heavy atom. The van der Waals surface area contributed by atoms with Crippen LogP contribution in [-0.2, 0) is 16.1 Å². The van der Waals surface area contributed by atoms with E-state index in [-0.39, 0.29) is 12.8 Å². The van der Waals surface area contributed by atoms with Gasteiger partial charge in [0, 0.05) is 31.1 Å². The van der Waals surface area contributed by atoms with Crippen molar-refractivity contribution < 1.29 is 24.5 Å². The van der Waals surface area contributed by atoms with Crippen molar-refractivity contribution in [3.05, 3.63) is 95.4 Å². The van der Waals surface area contributed by atoms with Gasteiger partial charge in [0.15, 0.2) is 0 Å². The number of aryl methyl sites for hydroxylation is 1. The van der Waals surface area contributed by atoms with E-state index in [0.29, 0.717) is 36.8 Å². The molecular formula is C31H29ClN2O5. The minimum Gasteiger partial charge on any atom is -0.494 e. The van der Waals surface area contributed by atoms with Crippen LogP contribution in [0.5, 0.6) is 5.75 Å². The number of carbonyl (C=O) groups is 2. The molecule has 4 aromatic rings. The molecule has 200 valence electrons. The molecule has 39 heavy (non-hydrogen) atoms. The lowest BCUT2D eigenvalue weighted by Gasteiger charge is -2.07. The second kappa shape index (κ2) is 13.4. The number of hydrogen-bond acceptors (Lipinski definition) is 4. The van der Waals surface area contributed by atoms with E-state index in [0.717, 1.165) is 33.8 Å². The molecule has 0 aliphatic heterocycles. The van der Waals surface area contributed by atoms with E-state index in [1.54, 1.807) is 0 Å². The Morgan fingerprint density at radius 2 is 1.49 bits per heavy atom. The molecule has 0 fully saturated rings. The first-order valence-corrected chi connectivity index (χ1v) is 13.0. The zero-order chi connectivity index (χ0) is 27.6. The van der Waals surface area contributed by atoms with Gasteiger partial charge in [-0.3, -0.25) is 9.59 Å². The molecule has 1 aromatic heterocycles. The van der Waals surface area contributed by atoms with Crippen LogP contribution < -0.4 is 4.74 Å². The monoisotopic (exact) mass is 544 g/mol. The molecule has 4 rings (SSSR count). The van der Waals surface area contributed by atoms with Crippen molar-refractivity contribution in [3.63, 3.8) is 0 Å². The molecule has 7 nitrogen and oxygen atoms in total. The number of aromatic nitrogens is 2. The van der Waals surface area contributed by atoms with Gasteiger partial charge in [-0.05, 0) is 53.8 Å². The van der Waals surface area contributed by atoms with Crippen LogP contribution in [0.3, 0.4) is 0 Å². The van der Waals surface area contributed by atoms with Gasteiger partial charge >= 0.3 is 11.9 Å². The van der Waals surface area contributed by atoms with Crippen molar-refractivity contribution in [2.45, 2.75) is 32.2 Å². The molecule has 2 N–H and O–H groups in total. The first-order chi connectivity index (χ1) is 18.9. The maximum absolute atomic E-state index is 11.0. The lowest BCUT2D eigenvalue weighted by molar-refractivity contribution is -0.138. The van der Waals surface area contributed by atoms with Crippen molar-refractivity contribution in [1.29, 1.82) is 0 Å². The molecule has 3 aromatic carbocycles. The first-order valence-electron chi connectivity index (χ1n) is 12.7. The van der Waals surface area contributed by atoms with Crippen LogP contribution in [0.2, 0.25) is 5.02 Å². The number of imidazole rings is 1. The van der Waals surface area contributed by atoms with E-state index in [9.17, 15) is 9.59 Å². The normalized spacial score (nSPS) is 11.1. The van der Waals surface area contributed by atoms with E-state index in [2.05, 4.69) is 0 Å². The molecule has 8 heteroatoms. The summed E-state index contributed by atoms with van der Waals surface area (Å²) in [6, 6.07) is 23.3. The second-order valence-electron chi connectivity index (χ2n) is 8.98. The second-order valence-corrected chi connectivity index (χ2v) is 9.39. The predicted octanol–water partition coefficient (Wildman–Crippen LogP) is 7.15. The first kappa shape index (κ1) is 27.7. The molecular weight excluding hydrogens is 516 g/mol. The van der Waals surface area contributed by atoms with Gasteiger partial charge in [0.2, 0.25) is 0 Å². The quantitative estimate of drug-likeness (QED) is 0.173. The zero-order valence-corrected chi connectivity index (χ0v) is 22.1. The topological polar surface area (TPSA) is 102 Å². The highest BCUT2D eigenvalue weighted by atomic mass is 35.5. The Hall–Kier alpha value is -4.36. The Labute approximate surface area is 232 Å². The fourth-order valence-electron chi connectivity index (χ4n) is 4.06. The Balaban J connectivity index is 1.45. The zero-order valence-electron chi connectivity index (χ0n) is 21.3. The number of rotatable bonds is 13. The van der Waals surface area contributed by atoms with Gasteiger partial charge in [0.05, 0.1) is 17.3 Å². The van der Waals surface area contributed by atoms with Gasteiger partial charge in [-0.2, -0.15) is 0 Å². The number of carboxylic acid groups (broad SMARTS) is 2. The Bertz CT molecular complexity index is 1440. The maximum Gasteiger partial charge on any atom is 0.303 e. The van der Waals surface area contributed by atoms with Crippen molar-refractivity contribution in [3.8, 4) is 28.1 Å². The van der Waals surface area contributed by atoms with Crippen LogP contribution in [-0.4, -0.2) is 38.3 Å². The van der Waals surface area contributed by atoms with Gasteiger partial charge < -0.3 is 19.5 Å². The van der Waals surface area contributed by atoms with Crippen molar-refractivity contribution in [2.75, 3.05) is 6.61 Å². The van der Waals surface area contributed by atoms with Crippen LogP contribution in [0, 0.1) is 0 Å². The minimum absolute atomic E-state index is 0.0854. The Morgan fingerprint density at radius 1 is 0.846 bits per heavy atom. The number of hydrogen-bond donors (Lipinski definition) is 2. The molecule has 0 unspecified atom stereocenters. The SMILES string of the molecule is O=C(O)CCCOc1ccc(-c2ccc(/C=C/c3nc(-c4ccccc4Cl)cn3CCCC(=O)O)cc2)cc1. The molecule has 0 spiro atoms. The summed E-state index contributed by atoms with van der Waals surface area (Å²) in [6.45, 7) is 0.895. The number of nitrogens with zero attached hydrogens (tertiary/aromatic N) is 2. The van der Waals surface area contributed by atoms with Crippen LogP contribution in [0.15, 0.2) is 79.0 Å². The van der Waals surface area contributed by atoms with Crippen molar-refractivity contribution in [2.24, 2.45) is 0 Å². The standard InChI is InChI=1S/C31H29ClN2O5/c32-27-6-2-1-5-26(27)28-21-34(19-3-7-30(35)36)29(33-28)18-11-22-9-12-23(13-10-22)24-14-16-25(17-15-24)39-20-4-8-31(37)38/h1-2,5-6,9-18,21H,3-4,7-8,19-20H2,(H,35,36)(H,37,38)/b18-11+. The van der Waals surface area contributed by atoms with Gasteiger partial charge in [-0.25, -0.2) is 4.98 Å². The lowest BCUT2D eigenvalue weighted by Crippen LogP contribution is -2.02. The minimum atomic E-state index is -0.824. The van der Waals surface area contributed by atoms with E-state index in [1.165, 1.54) is 0 Å². The summed E-state index contributed by atoms with van der Waals surface area (Å²) in [7, 11) is 0. The van der Waals surface area contributed by atoms with Crippen LogP contribution in [0.25, 0.3) is 34.5 Å². The summed E-state index contributed by atoms with van der Waals surface area (Å²) in [6.07, 6.45) is 6.95. The fourth-order valence-corrected chi connectivity index (χ4v) is 4.29. The number of aliphatic carboxylic acids is 2. The van der Waals surface area contributed by atoms with E-state index >= 15 is 0 Å². The Kier molecular flexibility index (Phi) is 9.53. The lowest BCUT2D eigenvalue weighted by atomic mass is 10.0. The highest BCUT2D eigenvalue weighted by Gasteiger charge is 2.11. The molecule has 0 saturated heterocycles. The van der Waals surface area contributed by atoms with Gasteiger partial charge in [-0.1, -0.05) is 72.3 Å². The summed E-state index contributed by atoms with van der Waals surface area (Å²) in [4.78, 5) is 26.4. The van der Waals surface area contributed by atoms with Crippen LogP contribution in [0.1, 0.15) is 37.1 Å². The molecule has 0 aliphatic rings. The fraction of sp³-hybridized carbons (Fsp3) is 0.194. The van der Waals surface area contributed by atoms with Crippen LogP contribution in [0.4, 0.5) is 0 Å². The summed E-state index contributed by atoms with van der Waals surface area (Å²) in [5.41, 5.74) is 4.66. The van der Waals surface area contributed by atoms with E-state index < -0.39 is 11.9 Å². The van der Waals surface area contributed by atoms with Gasteiger partial charge in [0.25, 0.3) is 0 Å². The summed E-state index contributed by atoms with van der Waals surface area (Å²) in [5.74, 6) is -0.219. The van der Waals surface area contributed by atoms with E-state index in [1.807, 2.05) is 95.7 Å². The van der Waals surface area contributed by atoms with Crippen molar-refractivity contribution in [1.82, 2.24) is 9.55 Å². The average Bonchev–Trinajstić information content (AvgIpc) is 3.33. The third kappa shape index (κ3) is 8.06. The molecule has 0 aliphatic carbocycles. The third-order valence-electron chi connectivity index (χ3n) is 6.07. The highest BCUT2D eigenvalue weighted by molar-refractivity contribution is 6.33. The molecule has 0 amide bonds. The highest BCUT2D eigenvalue weighted by Crippen LogP contribution is 2.28. The number of carboxylic acids is 2.